The highest BCUT2D eigenvalue weighted by atomic mass is 32.1. The standard InChI is InChI=1S/C12H22N4O2S/c1-4-9(17)5-6-13-11(18)14-12-16-15-10(19-12)7-8(2)3/h8-9,17H,4-7H2,1-3H3,(H2,13,14,16,18). The van der Waals surface area contributed by atoms with Crippen molar-refractivity contribution < 1.29 is 9.90 Å². The highest BCUT2D eigenvalue weighted by Crippen LogP contribution is 2.17. The highest BCUT2D eigenvalue weighted by molar-refractivity contribution is 7.15. The molecule has 108 valence electrons. The molecule has 1 aromatic rings. The molecule has 19 heavy (non-hydrogen) atoms. The summed E-state index contributed by atoms with van der Waals surface area (Å²) in [5, 5.41) is 24.0. The second-order valence-electron chi connectivity index (χ2n) is 4.83. The Labute approximate surface area is 117 Å². The summed E-state index contributed by atoms with van der Waals surface area (Å²) in [4.78, 5) is 11.5. The first-order valence-corrected chi connectivity index (χ1v) is 7.38. The number of carbonyl (C=O) groups excluding carboxylic acids is 1. The molecule has 0 aliphatic heterocycles. The zero-order valence-corrected chi connectivity index (χ0v) is 12.5. The van der Waals surface area contributed by atoms with Crippen molar-refractivity contribution in [3.63, 3.8) is 0 Å². The normalized spacial score (nSPS) is 12.5. The van der Waals surface area contributed by atoms with Gasteiger partial charge in [0.25, 0.3) is 0 Å². The molecule has 2 amide bonds. The number of nitrogens with zero attached hydrogens (tertiary/aromatic N) is 2. The van der Waals surface area contributed by atoms with Crippen LogP contribution < -0.4 is 10.6 Å². The van der Waals surface area contributed by atoms with E-state index in [0.717, 1.165) is 11.4 Å². The number of aromatic nitrogens is 2. The lowest BCUT2D eigenvalue weighted by molar-refractivity contribution is 0.160. The molecule has 0 aliphatic carbocycles. The van der Waals surface area contributed by atoms with Crippen molar-refractivity contribution in [1.29, 1.82) is 0 Å². The van der Waals surface area contributed by atoms with Gasteiger partial charge in [-0.3, -0.25) is 5.32 Å². The molecule has 0 aromatic carbocycles. The van der Waals surface area contributed by atoms with Crippen molar-refractivity contribution in [2.24, 2.45) is 5.92 Å². The fourth-order valence-electron chi connectivity index (χ4n) is 1.43. The van der Waals surface area contributed by atoms with Crippen molar-refractivity contribution in [2.75, 3.05) is 11.9 Å². The number of aliphatic hydroxyl groups is 1. The van der Waals surface area contributed by atoms with Gasteiger partial charge in [-0.2, -0.15) is 0 Å². The Kier molecular flexibility index (Phi) is 6.72. The minimum atomic E-state index is -0.362. The molecule has 0 spiro atoms. The van der Waals surface area contributed by atoms with Crippen LogP contribution >= 0.6 is 11.3 Å². The first-order chi connectivity index (χ1) is 9.01. The smallest absolute Gasteiger partial charge is 0.321 e. The number of aliphatic hydroxyl groups excluding tert-OH is 1. The number of hydrogen-bond donors (Lipinski definition) is 3. The van der Waals surface area contributed by atoms with Gasteiger partial charge in [-0.05, 0) is 18.8 Å². The van der Waals surface area contributed by atoms with Crippen LogP contribution in [0.2, 0.25) is 0 Å². The third kappa shape index (κ3) is 6.49. The van der Waals surface area contributed by atoms with Gasteiger partial charge in [0, 0.05) is 13.0 Å². The van der Waals surface area contributed by atoms with Crippen molar-refractivity contribution in [2.45, 2.75) is 46.1 Å². The molecule has 6 nitrogen and oxygen atoms in total. The van der Waals surface area contributed by atoms with Crippen LogP contribution in [0.25, 0.3) is 0 Å². The number of anilines is 1. The first-order valence-electron chi connectivity index (χ1n) is 6.56. The summed E-state index contributed by atoms with van der Waals surface area (Å²) in [5.74, 6) is 0.519. The largest absolute Gasteiger partial charge is 0.393 e. The number of nitrogens with one attached hydrogen (secondary N) is 2. The molecular formula is C12H22N4O2S. The molecule has 3 N–H and O–H groups in total. The Morgan fingerprint density at radius 3 is 2.79 bits per heavy atom. The fraction of sp³-hybridized carbons (Fsp3) is 0.750. The van der Waals surface area contributed by atoms with Crippen molar-refractivity contribution in [3.8, 4) is 0 Å². The average molecular weight is 286 g/mol. The van der Waals surface area contributed by atoms with E-state index in [0.29, 0.717) is 30.4 Å². The molecule has 0 aliphatic rings. The predicted molar refractivity (Wildman–Crippen MR) is 76.4 cm³/mol. The maximum atomic E-state index is 11.5. The zero-order valence-electron chi connectivity index (χ0n) is 11.6. The lowest BCUT2D eigenvalue weighted by atomic mass is 10.1. The Bertz CT molecular complexity index is 395. The van der Waals surface area contributed by atoms with E-state index in [1.807, 2.05) is 6.92 Å². The van der Waals surface area contributed by atoms with Crippen LogP contribution in [0, 0.1) is 5.92 Å². The van der Waals surface area contributed by atoms with E-state index in [1.165, 1.54) is 11.3 Å². The Morgan fingerprint density at radius 1 is 1.42 bits per heavy atom. The SMILES string of the molecule is CCC(O)CCNC(=O)Nc1nnc(CC(C)C)s1. The Morgan fingerprint density at radius 2 is 2.16 bits per heavy atom. The van der Waals surface area contributed by atoms with Crippen LogP contribution in [0.1, 0.15) is 38.6 Å². The predicted octanol–water partition coefficient (Wildman–Crippen LogP) is 2.02. The Hall–Kier alpha value is -1.21. The van der Waals surface area contributed by atoms with Crippen LogP contribution in [0.5, 0.6) is 0 Å². The van der Waals surface area contributed by atoms with E-state index in [2.05, 4.69) is 34.7 Å². The molecule has 1 atom stereocenters. The van der Waals surface area contributed by atoms with Crippen LogP contribution in [-0.2, 0) is 6.42 Å². The van der Waals surface area contributed by atoms with E-state index in [9.17, 15) is 9.90 Å². The molecule has 0 saturated carbocycles. The van der Waals surface area contributed by atoms with Crippen LogP contribution in [0.15, 0.2) is 0 Å². The molecule has 7 heteroatoms. The summed E-state index contributed by atoms with van der Waals surface area (Å²) in [6.45, 7) is 6.57. The molecular weight excluding hydrogens is 264 g/mol. The van der Waals surface area contributed by atoms with Gasteiger partial charge in [-0.15, -0.1) is 10.2 Å². The second kappa shape index (κ2) is 8.06. The van der Waals surface area contributed by atoms with Gasteiger partial charge in [0.15, 0.2) is 0 Å². The van der Waals surface area contributed by atoms with E-state index in [1.54, 1.807) is 0 Å². The van der Waals surface area contributed by atoms with Gasteiger partial charge in [-0.1, -0.05) is 32.1 Å². The summed E-state index contributed by atoms with van der Waals surface area (Å²) in [6, 6.07) is -0.310. The number of urea groups is 1. The monoisotopic (exact) mass is 286 g/mol. The number of carbonyl (C=O) groups is 1. The summed E-state index contributed by atoms with van der Waals surface area (Å²) < 4.78 is 0. The third-order valence-electron chi connectivity index (χ3n) is 2.50. The molecule has 0 fully saturated rings. The van der Waals surface area contributed by atoms with Gasteiger partial charge in [-0.25, -0.2) is 4.79 Å². The van der Waals surface area contributed by atoms with Gasteiger partial charge in [0.1, 0.15) is 5.01 Å². The zero-order chi connectivity index (χ0) is 14.3. The third-order valence-corrected chi connectivity index (χ3v) is 3.37. The molecule has 1 heterocycles. The summed E-state index contributed by atoms with van der Waals surface area (Å²) in [5.41, 5.74) is 0. The van der Waals surface area contributed by atoms with Crippen LogP contribution in [0.3, 0.4) is 0 Å². The lowest BCUT2D eigenvalue weighted by Crippen LogP contribution is -2.31. The number of hydrogen-bond acceptors (Lipinski definition) is 5. The molecule has 0 radical (unpaired) electrons. The number of rotatable bonds is 7. The highest BCUT2D eigenvalue weighted by Gasteiger charge is 2.09. The average Bonchev–Trinajstić information content (AvgIpc) is 2.75. The van der Waals surface area contributed by atoms with Gasteiger partial charge in [0.2, 0.25) is 5.13 Å². The van der Waals surface area contributed by atoms with Gasteiger partial charge < -0.3 is 10.4 Å². The summed E-state index contributed by atoms with van der Waals surface area (Å²) in [7, 11) is 0. The van der Waals surface area contributed by atoms with Gasteiger partial charge in [0.05, 0.1) is 6.10 Å². The molecule has 0 saturated heterocycles. The second-order valence-corrected chi connectivity index (χ2v) is 5.89. The van der Waals surface area contributed by atoms with Crippen LogP contribution in [-0.4, -0.2) is 34.0 Å². The Balaban J connectivity index is 2.30. The minimum absolute atomic E-state index is 0.310. The molecule has 0 bridgehead atoms. The van der Waals surface area contributed by atoms with E-state index < -0.39 is 0 Å². The van der Waals surface area contributed by atoms with Crippen molar-refractivity contribution >= 4 is 22.5 Å². The maximum Gasteiger partial charge on any atom is 0.321 e. The molecule has 1 unspecified atom stereocenters. The topological polar surface area (TPSA) is 87.1 Å². The van der Waals surface area contributed by atoms with E-state index >= 15 is 0 Å². The summed E-state index contributed by atoms with van der Waals surface area (Å²) in [6.07, 6.45) is 1.75. The van der Waals surface area contributed by atoms with E-state index in [4.69, 9.17) is 0 Å². The fourth-order valence-corrected chi connectivity index (χ4v) is 2.38. The van der Waals surface area contributed by atoms with E-state index in [-0.39, 0.29) is 12.1 Å². The first kappa shape index (κ1) is 15.8. The molecule has 1 rings (SSSR count). The lowest BCUT2D eigenvalue weighted by Gasteiger charge is -2.08. The van der Waals surface area contributed by atoms with Crippen molar-refractivity contribution in [1.82, 2.24) is 15.5 Å². The van der Waals surface area contributed by atoms with Crippen LogP contribution in [0.4, 0.5) is 9.93 Å². The minimum Gasteiger partial charge on any atom is -0.393 e. The maximum absolute atomic E-state index is 11.5. The van der Waals surface area contributed by atoms with Gasteiger partial charge >= 0.3 is 6.03 Å². The summed E-state index contributed by atoms with van der Waals surface area (Å²) >= 11 is 1.39. The molecule has 1 aromatic heterocycles. The quantitative estimate of drug-likeness (QED) is 0.715. The number of amides is 2. The van der Waals surface area contributed by atoms with Crippen molar-refractivity contribution in [3.05, 3.63) is 5.01 Å².